The first-order valence-corrected chi connectivity index (χ1v) is 34.1. The smallest absolute Gasteiger partial charge is 0.339 e. The quantitative estimate of drug-likeness (QED) is 0.106. The summed E-state index contributed by atoms with van der Waals surface area (Å²) in [6.07, 6.45) is 28.7. The second-order valence-corrected chi connectivity index (χ2v) is 32.6. The van der Waals surface area contributed by atoms with Gasteiger partial charge in [0.1, 0.15) is 41.2 Å². The van der Waals surface area contributed by atoms with Gasteiger partial charge in [0.15, 0.2) is 11.9 Å². The van der Waals surface area contributed by atoms with E-state index >= 15 is 14.4 Å². The predicted octanol–water partition coefficient (Wildman–Crippen LogP) is 9.67. The van der Waals surface area contributed by atoms with Crippen molar-refractivity contribution in [1.29, 1.82) is 0 Å². The van der Waals surface area contributed by atoms with Gasteiger partial charge in [-0.15, -0.1) is 0 Å². The Morgan fingerprint density at radius 1 is 0.906 bits per heavy atom. The number of esters is 2. The summed E-state index contributed by atoms with van der Waals surface area (Å²) in [6.45, 7) is 5.94. The summed E-state index contributed by atoms with van der Waals surface area (Å²) >= 11 is 0. The molecule has 1 aromatic heterocycles. The number of epoxide rings is 1. The van der Waals surface area contributed by atoms with E-state index in [0.29, 0.717) is 48.8 Å². The van der Waals surface area contributed by atoms with Crippen LogP contribution in [0.1, 0.15) is 159 Å². The van der Waals surface area contributed by atoms with E-state index in [-0.39, 0.29) is 71.3 Å². The van der Waals surface area contributed by atoms with Crippen molar-refractivity contribution in [3.05, 3.63) is 95.6 Å². The Labute approximate surface area is 499 Å². The zero-order valence-corrected chi connectivity index (χ0v) is 49.9. The van der Waals surface area contributed by atoms with Gasteiger partial charge in [-0.25, -0.2) is 4.79 Å². The molecule has 1 aromatic carbocycles. The second kappa shape index (κ2) is 17.0. The van der Waals surface area contributed by atoms with Crippen LogP contribution in [0.4, 0.5) is 0 Å². The van der Waals surface area contributed by atoms with Gasteiger partial charge in [-0.1, -0.05) is 87.2 Å². The van der Waals surface area contributed by atoms with Crippen LogP contribution in [0, 0.1) is 103 Å². The largest absolute Gasteiger partial charge is 0.469 e. The molecule has 0 unspecified atom stereocenters. The Hall–Kier alpha value is -4.11. The number of carbonyl (C=O) groups excluding carboxylic acids is 3. The summed E-state index contributed by atoms with van der Waals surface area (Å²) in [5.41, 5.74) is -5.59. The molecule has 25 atom stereocenters. The van der Waals surface area contributed by atoms with Crippen molar-refractivity contribution in [1.82, 2.24) is 10.2 Å². The van der Waals surface area contributed by atoms with Gasteiger partial charge in [-0.05, 0) is 203 Å². The molecule has 85 heavy (non-hydrogen) atoms. The van der Waals surface area contributed by atoms with Gasteiger partial charge in [-0.2, -0.15) is 0 Å². The Morgan fingerprint density at radius 3 is 2.61 bits per heavy atom. The number of ether oxygens (including phenoxy) is 4. The number of Topliss-reactive ketones (excluding diaryl/α,β-unsaturated/α-hetero) is 1. The van der Waals surface area contributed by atoms with Crippen molar-refractivity contribution in [3.8, 4) is 0 Å². The molecule has 7 spiro atoms. The van der Waals surface area contributed by atoms with Crippen LogP contribution in [-0.4, -0.2) is 106 Å². The fourth-order valence-electron chi connectivity index (χ4n) is 28.4. The van der Waals surface area contributed by atoms with Crippen LogP contribution in [0.15, 0.2) is 83.2 Å². The lowest BCUT2D eigenvalue weighted by molar-refractivity contribution is -0.310. The number of aliphatic hydroxyl groups excluding tert-OH is 3. The average molecular weight is 1160 g/mol. The SMILES string of the molecule is C[C@@]12C[C@H]3C[C@@]45[C@H]6CC7=CC[C@]8(C)O[C@@]79[C@]7(COC(=O)[C@]94C=C[C@@H](C6)[C@@]54CCC5(CCCC5)C4)[C@@H]3[C@@]([C@H]3CCC[C@H](Cc4ccccc4)C3)([C@H](O)C(=O)[C@@H]78)[C@]13O[C@@H]3C(=O)O[C@H]2c1ccoc1C[C@@H]([C@H]1CC[C@H]2[C@H](C=CN3CNC[C@H]23)C1)[C@H](O)CO. The number of fused-ring (bicyclic) bond motifs is 5. The third kappa shape index (κ3) is 5.73. The molecular formula is C72H88N2O11. The van der Waals surface area contributed by atoms with Crippen molar-refractivity contribution >= 4 is 17.7 Å². The first kappa shape index (κ1) is 52.8. The van der Waals surface area contributed by atoms with Crippen LogP contribution in [0.25, 0.3) is 0 Å². The topological polar surface area (TPSA) is 181 Å². The highest BCUT2D eigenvalue weighted by molar-refractivity contribution is 5.95. The Kier molecular flexibility index (Phi) is 10.6. The van der Waals surface area contributed by atoms with E-state index < -0.39 is 86.1 Å². The summed E-state index contributed by atoms with van der Waals surface area (Å²) in [6, 6.07) is 13.2. The summed E-state index contributed by atoms with van der Waals surface area (Å²) in [5.74, 6) is -0.445. The van der Waals surface area contributed by atoms with Crippen LogP contribution in [0.3, 0.4) is 0 Å². The molecule has 10 aliphatic carbocycles. The first-order chi connectivity index (χ1) is 41.1. The van der Waals surface area contributed by atoms with Crippen LogP contribution in [0.2, 0.25) is 0 Å². The number of aliphatic hydroxyl groups is 3. The van der Waals surface area contributed by atoms with Gasteiger partial charge in [0, 0.05) is 40.8 Å². The molecule has 4 N–H and O–H groups in total. The molecule has 17 aliphatic rings. The summed E-state index contributed by atoms with van der Waals surface area (Å²) in [7, 11) is 0. The van der Waals surface area contributed by atoms with Gasteiger partial charge in [0.2, 0.25) is 0 Å². The number of benzene rings is 1. The summed E-state index contributed by atoms with van der Waals surface area (Å²) < 4.78 is 37.1. The molecule has 19 rings (SSSR count). The van der Waals surface area contributed by atoms with E-state index in [9.17, 15) is 15.3 Å². The molecule has 14 fully saturated rings. The molecule has 9 saturated carbocycles. The van der Waals surface area contributed by atoms with E-state index in [1.54, 1.807) is 6.26 Å². The van der Waals surface area contributed by atoms with Crippen LogP contribution in [0.5, 0.6) is 0 Å². The molecule has 8 heterocycles. The lowest BCUT2D eigenvalue weighted by atomic mass is 9.28. The van der Waals surface area contributed by atoms with Gasteiger partial charge < -0.3 is 43.6 Å². The van der Waals surface area contributed by atoms with Crippen molar-refractivity contribution < 1.29 is 53.1 Å². The van der Waals surface area contributed by atoms with Gasteiger partial charge in [-0.3, -0.25) is 14.9 Å². The van der Waals surface area contributed by atoms with E-state index in [2.05, 4.69) is 84.9 Å². The molecule has 0 amide bonds. The van der Waals surface area contributed by atoms with Crippen LogP contribution >= 0.6 is 0 Å². The normalized spacial score (nSPS) is 53.1. The predicted molar refractivity (Wildman–Crippen MR) is 310 cm³/mol. The highest BCUT2D eigenvalue weighted by Gasteiger charge is 3.01. The standard InChI is InChI=1S/C72H88N2O11/c1-63-33-44-34-69-48-30-45(66(69)24-23-65(37-66)19-6-7-20-65)16-22-68(69)62(80)82-38-67-56(44)70(46-12-8-11-41(28-46)27-40-9-4-3-5-10-40,58(78)55(77)57(67)64(2)21-15-47(31-48)71(67,68)85-64)72(63)60(84-72)61(79)83-59(63)50-18-26-81-54(50)32-51(53(76)36-75)42-13-14-49-43(29-42)17-25-74-39-73-35-52(49)74/h3-5,9-10,15-18,22,25-26,41-46,48-49,51-53,56-60,73,75-76,78H,6-8,11-14,19-21,23-24,27-39H2,1-2H3/t41-,42+,43-,44+,45+,46+,48-,49+,51+,52-,53-,56-,57-,58-,59+,60-,63+,64+,66+,67-,68+,69+,70+,71-,72-/m1/s1. The fraction of sp³-hybridized carbons (Fsp3) is 0.736. The summed E-state index contributed by atoms with van der Waals surface area (Å²) in [4.78, 5) is 52.0. The average Bonchev–Trinajstić information content (AvgIpc) is 1.48. The third-order valence-corrected chi connectivity index (χ3v) is 30.4. The molecule has 13 nitrogen and oxygen atoms in total. The Morgan fingerprint density at radius 2 is 1.76 bits per heavy atom. The minimum atomic E-state index is -1.51. The second-order valence-electron chi connectivity index (χ2n) is 32.6. The molecule has 13 heteroatoms. The number of rotatable bonds is 9. The van der Waals surface area contributed by atoms with Gasteiger partial charge in [0.25, 0.3) is 0 Å². The zero-order chi connectivity index (χ0) is 57.3. The molecule has 0 radical (unpaired) electrons. The summed E-state index contributed by atoms with van der Waals surface area (Å²) in [5, 5.41) is 41.2. The lowest BCUT2D eigenvalue weighted by Gasteiger charge is -2.74. The van der Waals surface area contributed by atoms with Crippen LogP contribution < -0.4 is 5.32 Å². The van der Waals surface area contributed by atoms with E-state index in [4.69, 9.17) is 23.4 Å². The molecule has 6 bridgehead atoms. The van der Waals surface area contributed by atoms with Crippen LogP contribution in [-0.2, 0) is 46.2 Å². The maximum absolute atomic E-state index is 17.2. The number of carbonyl (C=O) groups is 3. The highest BCUT2D eigenvalue weighted by atomic mass is 16.7. The number of nitrogens with one attached hydrogen (secondary N) is 1. The fourth-order valence-corrected chi connectivity index (χ4v) is 28.4. The molecule has 5 saturated heterocycles. The number of furan rings is 1. The third-order valence-electron chi connectivity index (χ3n) is 30.4. The van der Waals surface area contributed by atoms with Crippen molar-refractivity contribution in [3.63, 3.8) is 0 Å². The zero-order valence-electron chi connectivity index (χ0n) is 49.9. The number of hydrogen-bond acceptors (Lipinski definition) is 13. The van der Waals surface area contributed by atoms with Gasteiger partial charge in [0.05, 0.1) is 42.6 Å². The Bertz CT molecular complexity index is 3310. The number of allylic oxidation sites excluding steroid dienone is 2. The first-order valence-electron chi connectivity index (χ1n) is 34.1. The lowest BCUT2D eigenvalue weighted by Crippen LogP contribution is -2.84. The van der Waals surface area contributed by atoms with Crippen molar-refractivity contribution in [2.75, 3.05) is 26.4 Å². The minimum Gasteiger partial charge on any atom is -0.469 e. The Balaban J connectivity index is 0.823. The van der Waals surface area contributed by atoms with E-state index in [1.165, 1.54) is 36.8 Å². The molecule has 7 aliphatic heterocycles. The molecule has 452 valence electrons. The number of hydrogen-bond donors (Lipinski definition) is 4. The maximum Gasteiger partial charge on any atom is 0.339 e. The number of nitrogens with zero attached hydrogens (tertiary/aromatic N) is 1. The van der Waals surface area contributed by atoms with Crippen molar-refractivity contribution in [2.24, 2.45) is 103 Å². The molecular weight excluding hydrogens is 1070 g/mol. The molecule has 2 aromatic rings. The van der Waals surface area contributed by atoms with E-state index in [1.807, 2.05) is 6.07 Å². The number of cyclic esters (lactones) is 2. The van der Waals surface area contributed by atoms with Crippen molar-refractivity contribution in [2.45, 2.75) is 196 Å². The van der Waals surface area contributed by atoms with E-state index in [0.717, 1.165) is 109 Å². The minimum absolute atomic E-state index is 0.0296. The monoisotopic (exact) mass is 1160 g/mol. The number of ketones is 1. The maximum atomic E-state index is 17.2. The van der Waals surface area contributed by atoms with Gasteiger partial charge >= 0.3 is 11.9 Å². The highest BCUT2D eigenvalue weighted by Crippen LogP contribution is 2.95.